The third-order valence-corrected chi connectivity index (χ3v) is 3.62. The van der Waals surface area contributed by atoms with E-state index in [0.29, 0.717) is 0 Å². The van der Waals surface area contributed by atoms with Crippen LogP contribution in [0.25, 0.3) is 0 Å². The third-order valence-electron chi connectivity index (χ3n) is 2.49. The number of nitrogens with zero attached hydrogens (tertiary/aromatic N) is 2. The quantitative estimate of drug-likeness (QED) is 0.673. The number of hydrogen-bond acceptors (Lipinski definition) is 7. The van der Waals surface area contributed by atoms with Crippen molar-refractivity contribution in [2.45, 2.75) is 4.90 Å². The van der Waals surface area contributed by atoms with Gasteiger partial charge in [-0.15, -0.1) is 0 Å². The Morgan fingerprint density at radius 2 is 1.86 bits per heavy atom. The summed E-state index contributed by atoms with van der Waals surface area (Å²) in [6.45, 7) is 0. The number of nitrogens with two attached hydrogens (primary N) is 1. The second-order valence-corrected chi connectivity index (χ2v) is 6.21. The lowest BCUT2D eigenvalue weighted by atomic mass is 10.3. The zero-order valence-corrected chi connectivity index (χ0v) is 11.7. The van der Waals surface area contributed by atoms with Gasteiger partial charge in [-0.05, 0) is 24.3 Å². The molecule has 9 heteroatoms. The molecule has 0 aliphatic carbocycles. The minimum absolute atomic E-state index is 0.0474. The molecule has 0 saturated carbocycles. The SMILES string of the molecule is CS(=O)(=O)c1ccc(Oc2cc([N+](=O)[O-])cc(N)n2)cc1. The van der Waals surface area contributed by atoms with Gasteiger partial charge >= 0.3 is 0 Å². The molecule has 110 valence electrons. The van der Waals surface area contributed by atoms with Crippen LogP contribution in [0.2, 0.25) is 0 Å². The van der Waals surface area contributed by atoms with Gasteiger partial charge in [-0.3, -0.25) is 10.1 Å². The third kappa shape index (κ3) is 3.66. The first kappa shape index (κ1) is 14.7. The molecule has 0 spiro atoms. The summed E-state index contributed by atoms with van der Waals surface area (Å²) in [5.74, 6) is 0.190. The molecule has 2 rings (SSSR count). The van der Waals surface area contributed by atoms with Gasteiger partial charge in [0, 0.05) is 6.26 Å². The molecule has 0 amide bonds. The summed E-state index contributed by atoms with van der Waals surface area (Å²) in [5.41, 5.74) is 5.21. The predicted octanol–water partition coefficient (Wildman–Crippen LogP) is 1.77. The molecule has 0 bridgehead atoms. The lowest BCUT2D eigenvalue weighted by molar-refractivity contribution is -0.384. The molecule has 0 fully saturated rings. The summed E-state index contributed by atoms with van der Waals surface area (Å²) in [6.07, 6.45) is 1.09. The largest absolute Gasteiger partial charge is 0.439 e. The number of sulfone groups is 1. The van der Waals surface area contributed by atoms with Crippen LogP contribution in [-0.2, 0) is 9.84 Å². The summed E-state index contributed by atoms with van der Waals surface area (Å²) in [5, 5.41) is 10.7. The Morgan fingerprint density at radius 3 is 2.38 bits per heavy atom. The molecule has 0 atom stereocenters. The molecular weight excluding hydrogens is 298 g/mol. The van der Waals surface area contributed by atoms with Gasteiger partial charge in [0.05, 0.1) is 22.0 Å². The van der Waals surface area contributed by atoms with E-state index in [-0.39, 0.29) is 28.0 Å². The zero-order valence-electron chi connectivity index (χ0n) is 10.9. The standard InChI is InChI=1S/C12H11N3O5S/c1-21(18,19)10-4-2-9(3-5-10)20-12-7-8(15(16)17)6-11(13)14-12/h2-7H,1H3,(H2,13,14). The van der Waals surface area contributed by atoms with Crippen molar-refractivity contribution in [3.8, 4) is 11.6 Å². The van der Waals surface area contributed by atoms with Crippen LogP contribution in [-0.4, -0.2) is 24.6 Å². The van der Waals surface area contributed by atoms with Crippen molar-refractivity contribution in [2.24, 2.45) is 0 Å². The molecule has 0 radical (unpaired) electrons. The second-order valence-electron chi connectivity index (χ2n) is 4.19. The number of anilines is 1. The predicted molar refractivity (Wildman–Crippen MR) is 74.9 cm³/mol. The van der Waals surface area contributed by atoms with Crippen LogP contribution in [0, 0.1) is 10.1 Å². The number of aromatic nitrogens is 1. The van der Waals surface area contributed by atoms with Gasteiger partial charge in [-0.2, -0.15) is 4.98 Å². The summed E-state index contributed by atoms with van der Waals surface area (Å²) >= 11 is 0. The lowest BCUT2D eigenvalue weighted by Crippen LogP contribution is -1.98. The summed E-state index contributed by atoms with van der Waals surface area (Å²) < 4.78 is 28.0. The number of ether oxygens (including phenoxy) is 1. The normalized spacial score (nSPS) is 11.1. The van der Waals surface area contributed by atoms with E-state index in [1.807, 2.05) is 0 Å². The van der Waals surface area contributed by atoms with Gasteiger partial charge in [0.2, 0.25) is 5.88 Å². The Balaban J connectivity index is 2.28. The van der Waals surface area contributed by atoms with Crippen molar-refractivity contribution in [1.29, 1.82) is 0 Å². The fourth-order valence-electron chi connectivity index (χ4n) is 1.54. The highest BCUT2D eigenvalue weighted by atomic mass is 32.2. The fourth-order valence-corrected chi connectivity index (χ4v) is 2.18. The summed E-state index contributed by atoms with van der Waals surface area (Å²) in [4.78, 5) is 14.1. The van der Waals surface area contributed by atoms with Crippen molar-refractivity contribution in [3.63, 3.8) is 0 Å². The Kier molecular flexibility index (Phi) is 3.76. The topological polar surface area (TPSA) is 125 Å². The molecular formula is C12H11N3O5S. The van der Waals surface area contributed by atoms with E-state index in [9.17, 15) is 18.5 Å². The van der Waals surface area contributed by atoms with Crippen molar-refractivity contribution < 1.29 is 18.1 Å². The number of rotatable bonds is 4. The van der Waals surface area contributed by atoms with E-state index < -0.39 is 14.8 Å². The van der Waals surface area contributed by atoms with Crippen molar-refractivity contribution in [1.82, 2.24) is 4.98 Å². The molecule has 0 aliphatic heterocycles. The van der Waals surface area contributed by atoms with Gasteiger partial charge in [-0.1, -0.05) is 0 Å². The molecule has 1 aromatic heterocycles. The minimum atomic E-state index is -3.30. The summed E-state index contributed by atoms with van der Waals surface area (Å²) in [7, 11) is -3.30. The first-order valence-corrected chi connectivity index (χ1v) is 7.55. The molecule has 2 N–H and O–H groups in total. The maximum absolute atomic E-state index is 11.3. The van der Waals surface area contributed by atoms with Gasteiger partial charge in [0.15, 0.2) is 9.84 Å². The zero-order chi connectivity index (χ0) is 15.6. The maximum atomic E-state index is 11.3. The Labute approximate surface area is 120 Å². The smallest absolute Gasteiger partial charge is 0.278 e. The van der Waals surface area contributed by atoms with E-state index in [2.05, 4.69) is 4.98 Å². The summed E-state index contributed by atoms with van der Waals surface area (Å²) in [6, 6.07) is 7.82. The number of nitrogen functional groups attached to an aromatic ring is 1. The molecule has 1 aromatic carbocycles. The Bertz CT molecular complexity index is 787. The van der Waals surface area contributed by atoms with Gasteiger partial charge < -0.3 is 10.5 Å². The average molecular weight is 309 g/mol. The van der Waals surface area contributed by atoms with E-state index in [1.54, 1.807) is 0 Å². The number of nitro groups is 1. The number of pyridine rings is 1. The highest BCUT2D eigenvalue weighted by Gasteiger charge is 2.12. The number of benzene rings is 1. The number of hydrogen-bond donors (Lipinski definition) is 1. The van der Waals surface area contributed by atoms with E-state index in [0.717, 1.165) is 18.4 Å². The van der Waals surface area contributed by atoms with Gasteiger partial charge in [0.1, 0.15) is 11.6 Å². The van der Waals surface area contributed by atoms with Gasteiger partial charge in [0.25, 0.3) is 5.69 Å². The molecule has 2 aromatic rings. The van der Waals surface area contributed by atoms with Crippen LogP contribution in [0.4, 0.5) is 11.5 Å². The first-order chi connectivity index (χ1) is 9.75. The monoisotopic (exact) mass is 309 g/mol. The highest BCUT2D eigenvalue weighted by Crippen LogP contribution is 2.26. The Morgan fingerprint density at radius 1 is 1.24 bits per heavy atom. The minimum Gasteiger partial charge on any atom is -0.439 e. The van der Waals surface area contributed by atoms with Crippen LogP contribution in [0.1, 0.15) is 0 Å². The van der Waals surface area contributed by atoms with Crippen molar-refractivity contribution in [3.05, 3.63) is 46.5 Å². The molecule has 8 nitrogen and oxygen atoms in total. The molecule has 0 unspecified atom stereocenters. The lowest BCUT2D eigenvalue weighted by Gasteiger charge is -2.06. The fraction of sp³-hybridized carbons (Fsp3) is 0.0833. The van der Waals surface area contributed by atoms with Crippen LogP contribution >= 0.6 is 0 Å². The van der Waals surface area contributed by atoms with Crippen LogP contribution in [0.5, 0.6) is 11.6 Å². The average Bonchev–Trinajstić information content (AvgIpc) is 2.37. The van der Waals surface area contributed by atoms with Crippen LogP contribution in [0.15, 0.2) is 41.3 Å². The molecule has 1 heterocycles. The van der Waals surface area contributed by atoms with E-state index >= 15 is 0 Å². The Hall–Kier alpha value is -2.68. The molecule has 0 saturated heterocycles. The van der Waals surface area contributed by atoms with E-state index in [4.69, 9.17) is 10.5 Å². The maximum Gasteiger partial charge on any atom is 0.278 e. The highest BCUT2D eigenvalue weighted by molar-refractivity contribution is 7.90. The van der Waals surface area contributed by atoms with Crippen LogP contribution in [0.3, 0.4) is 0 Å². The van der Waals surface area contributed by atoms with Crippen molar-refractivity contribution in [2.75, 3.05) is 12.0 Å². The van der Waals surface area contributed by atoms with Crippen LogP contribution < -0.4 is 10.5 Å². The van der Waals surface area contributed by atoms with Crippen molar-refractivity contribution >= 4 is 21.3 Å². The molecule has 21 heavy (non-hydrogen) atoms. The van der Waals surface area contributed by atoms with E-state index in [1.165, 1.54) is 24.3 Å². The van der Waals surface area contributed by atoms with Gasteiger partial charge in [-0.25, -0.2) is 8.42 Å². The molecule has 0 aliphatic rings. The second kappa shape index (κ2) is 5.37. The first-order valence-electron chi connectivity index (χ1n) is 5.65.